The molecule has 9 heteroatoms. The Morgan fingerprint density at radius 2 is 1.68 bits per heavy atom. The quantitative estimate of drug-likeness (QED) is 0.524. The molecule has 0 bridgehead atoms. The Labute approximate surface area is 166 Å². The molecular formula is C19H21N3O5S. The first-order chi connectivity index (χ1) is 13.2. The maximum atomic E-state index is 12.5. The van der Waals surface area contributed by atoms with Gasteiger partial charge in [0.05, 0.1) is 5.56 Å². The molecule has 1 heterocycles. The predicted molar refractivity (Wildman–Crippen MR) is 105 cm³/mol. The van der Waals surface area contributed by atoms with Crippen molar-refractivity contribution >= 4 is 40.0 Å². The van der Waals surface area contributed by atoms with E-state index in [9.17, 15) is 19.2 Å². The van der Waals surface area contributed by atoms with Gasteiger partial charge in [-0.3, -0.25) is 25.2 Å². The molecule has 0 aliphatic rings. The van der Waals surface area contributed by atoms with Crippen LogP contribution in [-0.2, 0) is 14.3 Å². The number of carbonyl (C=O) groups is 4. The first-order valence-corrected chi connectivity index (χ1v) is 9.26. The Morgan fingerprint density at radius 3 is 2.29 bits per heavy atom. The van der Waals surface area contributed by atoms with E-state index in [4.69, 9.17) is 4.74 Å². The van der Waals surface area contributed by atoms with Gasteiger partial charge in [-0.2, -0.15) is 0 Å². The van der Waals surface area contributed by atoms with Gasteiger partial charge in [-0.25, -0.2) is 4.79 Å². The minimum absolute atomic E-state index is 0.214. The highest BCUT2D eigenvalue weighted by Crippen LogP contribution is 2.33. The summed E-state index contributed by atoms with van der Waals surface area (Å²) in [6.45, 7) is 6.27. The number of amides is 3. The van der Waals surface area contributed by atoms with Crippen molar-refractivity contribution in [3.63, 3.8) is 0 Å². The minimum atomic E-state index is -1.16. The summed E-state index contributed by atoms with van der Waals surface area (Å²) in [5, 5.41) is 2.97. The molecule has 28 heavy (non-hydrogen) atoms. The number of nitrogens with one attached hydrogen (secondary N) is 3. The van der Waals surface area contributed by atoms with Gasteiger partial charge in [-0.1, -0.05) is 18.2 Å². The maximum Gasteiger partial charge on any atom is 0.342 e. The molecule has 0 spiro atoms. The van der Waals surface area contributed by atoms with Crippen LogP contribution in [0.5, 0.6) is 0 Å². The van der Waals surface area contributed by atoms with Crippen LogP contribution in [0.2, 0.25) is 0 Å². The lowest BCUT2D eigenvalue weighted by atomic mass is 10.1. The van der Waals surface area contributed by atoms with E-state index in [1.807, 2.05) is 6.92 Å². The molecule has 3 N–H and O–H groups in total. The number of benzene rings is 1. The number of aryl methyl sites for hydroxylation is 1. The first kappa shape index (κ1) is 21.1. The fourth-order valence-corrected chi connectivity index (χ4v) is 3.37. The number of anilines is 1. The number of hydrogen-bond donors (Lipinski definition) is 3. The van der Waals surface area contributed by atoms with Crippen LogP contribution in [0.1, 0.15) is 45.0 Å². The summed E-state index contributed by atoms with van der Waals surface area (Å²) < 4.78 is 5.21. The number of hydrazine groups is 1. The van der Waals surface area contributed by atoms with Crippen molar-refractivity contribution in [2.75, 3.05) is 5.32 Å². The molecular weight excluding hydrogens is 382 g/mol. The molecule has 0 fully saturated rings. The zero-order chi connectivity index (χ0) is 20.8. The molecule has 148 valence electrons. The second-order valence-electron chi connectivity index (χ2n) is 6.03. The van der Waals surface area contributed by atoms with E-state index >= 15 is 0 Å². The molecule has 8 nitrogen and oxygen atoms in total. The molecule has 2 aromatic rings. The zero-order valence-corrected chi connectivity index (χ0v) is 16.7. The van der Waals surface area contributed by atoms with E-state index in [1.54, 1.807) is 37.3 Å². The lowest BCUT2D eigenvalue weighted by Crippen LogP contribution is -2.46. The molecule has 0 aliphatic carbocycles. The zero-order valence-electron chi connectivity index (χ0n) is 15.9. The Bertz CT molecular complexity index is 908. The van der Waals surface area contributed by atoms with Gasteiger partial charge in [-0.15, -0.1) is 11.3 Å². The molecule has 0 aliphatic heterocycles. The molecule has 0 radical (unpaired) electrons. The lowest BCUT2D eigenvalue weighted by molar-refractivity contribution is -0.129. The van der Waals surface area contributed by atoms with E-state index in [2.05, 4.69) is 16.2 Å². The van der Waals surface area contributed by atoms with E-state index in [-0.39, 0.29) is 11.5 Å². The molecule has 1 aromatic carbocycles. The second kappa shape index (κ2) is 9.14. The van der Waals surface area contributed by atoms with Crippen molar-refractivity contribution in [2.45, 2.75) is 33.8 Å². The highest BCUT2D eigenvalue weighted by Gasteiger charge is 2.25. The number of carbonyl (C=O) groups excluding carboxylic acids is 4. The average molecular weight is 403 g/mol. The Morgan fingerprint density at radius 1 is 1.04 bits per heavy atom. The Hall–Kier alpha value is -3.20. The van der Waals surface area contributed by atoms with Crippen molar-refractivity contribution in [2.24, 2.45) is 0 Å². The third-order valence-corrected chi connectivity index (χ3v) is 4.99. The molecule has 0 unspecified atom stereocenters. The smallest absolute Gasteiger partial charge is 0.342 e. The summed E-state index contributed by atoms with van der Waals surface area (Å²) in [6.07, 6.45) is -1.16. The third-order valence-electron chi connectivity index (χ3n) is 3.87. The molecule has 0 saturated carbocycles. The van der Waals surface area contributed by atoms with Gasteiger partial charge >= 0.3 is 5.97 Å². The number of rotatable bonds is 5. The van der Waals surface area contributed by atoms with Crippen molar-refractivity contribution in [3.05, 3.63) is 51.9 Å². The van der Waals surface area contributed by atoms with Crippen LogP contribution in [0, 0.1) is 13.8 Å². The highest BCUT2D eigenvalue weighted by molar-refractivity contribution is 7.16. The number of thiophene rings is 1. The highest BCUT2D eigenvalue weighted by atomic mass is 32.1. The molecule has 3 amide bonds. The first-order valence-electron chi connectivity index (χ1n) is 8.44. The van der Waals surface area contributed by atoms with Gasteiger partial charge < -0.3 is 10.1 Å². The van der Waals surface area contributed by atoms with Crippen LogP contribution in [0.15, 0.2) is 30.3 Å². The van der Waals surface area contributed by atoms with Crippen molar-refractivity contribution < 1.29 is 23.9 Å². The van der Waals surface area contributed by atoms with Gasteiger partial charge in [0.25, 0.3) is 11.8 Å². The Balaban J connectivity index is 1.99. The summed E-state index contributed by atoms with van der Waals surface area (Å²) in [5.41, 5.74) is 5.74. The normalized spacial score (nSPS) is 11.3. The fraction of sp³-hybridized carbons (Fsp3) is 0.263. The lowest BCUT2D eigenvalue weighted by Gasteiger charge is -2.15. The summed E-state index contributed by atoms with van der Waals surface area (Å²) >= 11 is 1.25. The van der Waals surface area contributed by atoms with E-state index in [0.717, 1.165) is 4.88 Å². The summed E-state index contributed by atoms with van der Waals surface area (Å²) in [5.74, 6) is -2.24. The molecule has 2 rings (SSSR count). The van der Waals surface area contributed by atoms with Crippen molar-refractivity contribution in [1.82, 2.24) is 10.9 Å². The average Bonchev–Trinajstić information content (AvgIpc) is 2.92. The Kier molecular flexibility index (Phi) is 6.89. The van der Waals surface area contributed by atoms with Gasteiger partial charge in [0.15, 0.2) is 6.10 Å². The van der Waals surface area contributed by atoms with Crippen molar-refractivity contribution in [1.29, 1.82) is 0 Å². The van der Waals surface area contributed by atoms with E-state index in [1.165, 1.54) is 25.2 Å². The molecule has 1 atom stereocenters. The van der Waals surface area contributed by atoms with Crippen LogP contribution in [0.3, 0.4) is 0 Å². The predicted octanol–water partition coefficient (Wildman–Crippen LogP) is 2.33. The monoisotopic (exact) mass is 403 g/mol. The van der Waals surface area contributed by atoms with Crippen LogP contribution < -0.4 is 16.2 Å². The summed E-state index contributed by atoms with van der Waals surface area (Å²) in [6, 6.07) is 8.34. The summed E-state index contributed by atoms with van der Waals surface area (Å²) in [7, 11) is 0. The largest absolute Gasteiger partial charge is 0.449 e. The number of ether oxygens (including phenoxy) is 1. The molecule has 0 saturated heterocycles. The second-order valence-corrected chi connectivity index (χ2v) is 7.25. The number of esters is 1. The van der Waals surface area contributed by atoms with Gasteiger partial charge in [0.1, 0.15) is 5.00 Å². The van der Waals surface area contributed by atoms with E-state index < -0.39 is 23.9 Å². The van der Waals surface area contributed by atoms with Crippen LogP contribution in [-0.4, -0.2) is 29.8 Å². The van der Waals surface area contributed by atoms with Gasteiger partial charge in [-0.05, 0) is 38.5 Å². The standard InChI is InChI=1S/C19H21N3O5S/c1-10-12(3)28-18(20-13(4)23)15(10)19(26)27-11(2)16(24)21-22-17(25)14-8-6-5-7-9-14/h5-9,11H,1-4H3,(H,20,23)(H,21,24)(H,22,25)/t11-/m1/s1. The third kappa shape index (κ3) is 5.17. The topological polar surface area (TPSA) is 114 Å². The molecule has 1 aromatic heterocycles. The van der Waals surface area contributed by atoms with E-state index in [0.29, 0.717) is 16.1 Å². The fourth-order valence-electron chi connectivity index (χ4n) is 2.28. The minimum Gasteiger partial charge on any atom is -0.449 e. The van der Waals surface area contributed by atoms with Gasteiger partial charge in [0, 0.05) is 17.4 Å². The maximum absolute atomic E-state index is 12.5. The number of hydrogen-bond acceptors (Lipinski definition) is 6. The van der Waals surface area contributed by atoms with Crippen LogP contribution in [0.25, 0.3) is 0 Å². The van der Waals surface area contributed by atoms with Crippen molar-refractivity contribution in [3.8, 4) is 0 Å². The van der Waals surface area contributed by atoms with Crippen LogP contribution >= 0.6 is 11.3 Å². The summed E-state index contributed by atoms with van der Waals surface area (Å²) in [4.78, 5) is 48.8. The SMILES string of the molecule is CC(=O)Nc1sc(C)c(C)c1C(=O)O[C@H](C)C(=O)NNC(=O)c1ccccc1. The van der Waals surface area contributed by atoms with Crippen LogP contribution in [0.4, 0.5) is 5.00 Å². The van der Waals surface area contributed by atoms with Gasteiger partial charge in [0.2, 0.25) is 5.91 Å².